The molecule has 1 nitrogen and oxygen atoms in total. The summed E-state index contributed by atoms with van der Waals surface area (Å²) in [6, 6.07) is 2.26. The van der Waals surface area contributed by atoms with Crippen LogP contribution in [0, 0.1) is 22.7 Å². The Morgan fingerprint density at radius 1 is 1.57 bits per heavy atom. The first kappa shape index (κ1) is 9.45. The summed E-state index contributed by atoms with van der Waals surface area (Å²) in [7, 11) is 0. The van der Waals surface area contributed by atoms with Gasteiger partial charge >= 0.3 is 0 Å². The molecule has 2 aliphatic rings. The molecule has 1 atom stereocenters. The van der Waals surface area contributed by atoms with Gasteiger partial charge in [-0.15, -0.1) is 0 Å². The van der Waals surface area contributed by atoms with Crippen LogP contribution in [-0.4, -0.2) is 0 Å². The van der Waals surface area contributed by atoms with E-state index in [9.17, 15) is 4.39 Å². The lowest BCUT2D eigenvalue weighted by molar-refractivity contribution is 0.399. The Morgan fingerprint density at radius 3 is 2.86 bits per heavy atom. The molecular formula is C12H14FN. The maximum absolute atomic E-state index is 12.7. The molecule has 1 fully saturated rings. The standard InChI is InChI=1S/C12H14FN/c13-11-3-1-10(2-4-11)9-12(5-6-12)7-8-14/h1,3-4,10H,2,5-7,9H2. The van der Waals surface area contributed by atoms with Gasteiger partial charge in [0.2, 0.25) is 0 Å². The summed E-state index contributed by atoms with van der Waals surface area (Å²) >= 11 is 0. The van der Waals surface area contributed by atoms with Gasteiger partial charge in [0.15, 0.2) is 0 Å². The fourth-order valence-corrected chi connectivity index (χ4v) is 2.14. The number of nitriles is 1. The van der Waals surface area contributed by atoms with Gasteiger partial charge in [-0.2, -0.15) is 5.26 Å². The van der Waals surface area contributed by atoms with Crippen molar-refractivity contribution in [1.29, 1.82) is 5.26 Å². The van der Waals surface area contributed by atoms with Crippen molar-refractivity contribution in [3.8, 4) is 6.07 Å². The predicted molar refractivity (Wildman–Crippen MR) is 53.0 cm³/mol. The lowest BCUT2D eigenvalue weighted by Crippen LogP contribution is -2.08. The van der Waals surface area contributed by atoms with E-state index < -0.39 is 0 Å². The Labute approximate surface area is 83.9 Å². The van der Waals surface area contributed by atoms with Crippen LogP contribution < -0.4 is 0 Å². The zero-order chi connectivity index (χ0) is 10.0. The molecule has 0 amide bonds. The molecular weight excluding hydrogens is 177 g/mol. The quantitative estimate of drug-likeness (QED) is 0.669. The smallest absolute Gasteiger partial charge is 0.118 e. The molecule has 0 bridgehead atoms. The number of rotatable bonds is 3. The highest BCUT2D eigenvalue weighted by Gasteiger charge is 2.43. The summed E-state index contributed by atoms with van der Waals surface area (Å²) in [4.78, 5) is 0. The summed E-state index contributed by atoms with van der Waals surface area (Å²) < 4.78 is 12.7. The van der Waals surface area contributed by atoms with E-state index in [1.54, 1.807) is 12.2 Å². The molecule has 0 aromatic heterocycles. The molecule has 0 aromatic rings. The van der Waals surface area contributed by atoms with E-state index in [0.29, 0.717) is 12.3 Å². The molecule has 74 valence electrons. The molecule has 14 heavy (non-hydrogen) atoms. The van der Waals surface area contributed by atoms with Crippen LogP contribution in [0.15, 0.2) is 24.1 Å². The average molecular weight is 191 g/mol. The Kier molecular flexibility index (Phi) is 2.41. The zero-order valence-corrected chi connectivity index (χ0v) is 8.17. The molecule has 0 spiro atoms. The predicted octanol–water partition coefficient (Wildman–Crippen LogP) is 3.50. The third-order valence-corrected chi connectivity index (χ3v) is 3.25. The fourth-order valence-electron chi connectivity index (χ4n) is 2.14. The van der Waals surface area contributed by atoms with Crippen molar-refractivity contribution in [1.82, 2.24) is 0 Å². The molecule has 0 heterocycles. The Hall–Kier alpha value is -1.10. The second-order valence-electron chi connectivity index (χ2n) is 4.48. The van der Waals surface area contributed by atoms with Crippen LogP contribution in [0.5, 0.6) is 0 Å². The maximum atomic E-state index is 12.7. The van der Waals surface area contributed by atoms with Crippen molar-refractivity contribution in [2.45, 2.75) is 32.1 Å². The average Bonchev–Trinajstić information content (AvgIpc) is 2.90. The van der Waals surface area contributed by atoms with Gasteiger partial charge in [0.05, 0.1) is 6.07 Å². The topological polar surface area (TPSA) is 23.8 Å². The van der Waals surface area contributed by atoms with E-state index in [4.69, 9.17) is 5.26 Å². The van der Waals surface area contributed by atoms with Crippen LogP contribution >= 0.6 is 0 Å². The molecule has 0 N–H and O–H groups in total. The first-order chi connectivity index (χ1) is 6.74. The van der Waals surface area contributed by atoms with E-state index in [0.717, 1.165) is 12.8 Å². The second kappa shape index (κ2) is 3.57. The number of hydrogen-bond donors (Lipinski definition) is 0. The summed E-state index contributed by atoms with van der Waals surface area (Å²) in [6.07, 6.45) is 10.0. The highest BCUT2D eigenvalue weighted by molar-refractivity contribution is 5.18. The number of hydrogen-bond acceptors (Lipinski definition) is 1. The van der Waals surface area contributed by atoms with E-state index in [2.05, 4.69) is 6.07 Å². The zero-order valence-electron chi connectivity index (χ0n) is 8.17. The lowest BCUT2D eigenvalue weighted by atomic mass is 9.86. The van der Waals surface area contributed by atoms with Crippen LogP contribution in [0.1, 0.15) is 32.1 Å². The van der Waals surface area contributed by atoms with E-state index in [1.165, 1.54) is 12.8 Å². The minimum absolute atomic E-state index is 0.119. The summed E-state index contributed by atoms with van der Waals surface area (Å²) in [5, 5.41) is 8.67. The first-order valence-corrected chi connectivity index (χ1v) is 5.15. The second-order valence-corrected chi connectivity index (χ2v) is 4.48. The Bertz CT molecular complexity index is 318. The van der Waals surface area contributed by atoms with Crippen LogP contribution in [0.3, 0.4) is 0 Å². The summed E-state index contributed by atoms with van der Waals surface area (Å²) in [5.74, 6) is 0.330. The molecule has 0 aliphatic heterocycles. The molecule has 0 saturated heterocycles. The molecule has 1 saturated carbocycles. The SMILES string of the molecule is N#CCC1(CC2C=CC(F)=CC2)CC1. The summed E-state index contributed by atoms with van der Waals surface area (Å²) in [5.41, 5.74) is 0.283. The van der Waals surface area contributed by atoms with Crippen molar-refractivity contribution in [2.24, 2.45) is 11.3 Å². The first-order valence-electron chi connectivity index (χ1n) is 5.15. The van der Waals surface area contributed by atoms with Crippen molar-refractivity contribution in [2.75, 3.05) is 0 Å². The van der Waals surface area contributed by atoms with Gasteiger partial charge < -0.3 is 0 Å². The maximum Gasteiger partial charge on any atom is 0.118 e. The Morgan fingerprint density at radius 2 is 2.36 bits per heavy atom. The number of nitrogens with zero attached hydrogens (tertiary/aromatic N) is 1. The molecule has 0 radical (unpaired) electrons. The molecule has 2 aliphatic carbocycles. The highest BCUT2D eigenvalue weighted by atomic mass is 19.1. The van der Waals surface area contributed by atoms with Crippen molar-refractivity contribution >= 4 is 0 Å². The molecule has 0 aromatic carbocycles. The fraction of sp³-hybridized carbons (Fsp3) is 0.583. The largest absolute Gasteiger partial charge is 0.207 e. The van der Waals surface area contributed by atoms with Gasteiger partial charge in [0.25, 0.3) is 0 Å². The van der Waals surface area contributed by atoms with Gasteiger partial charge in [-0.25, -0.2) is 4.39 Å². The van der Waals surface area contributed by atoms with Gasteiger partial charge in [0, 0.05) is 6.42 Å². The summed E-state index contributed by atoms with van der Waals surface area (Å²) in [6.45, 7) is 0. The molecule has 2 heteroatoms. The highest BCUT2D eigenvalue weighted by Crippen LogP contribution is 2.54. The van der Waals surface area contributed by atoms with E-state index in [-0.39, 0.29) is 11.2 Å². The van der Waals surface area contributed by atoms with Gasteiger partial charge in [0.1, 0.15) is 5.83 Å². The number of allylic oxidation sites excluding steroid dienone is 4. The monoisotopic (exact) mass is 191 g/mol. The Balaban J connectivity index is 1.88. The van der Waals surface area contributed by atoms with Crippen LogP contribution in [0.2, 0.25) is 0 Å². The van der Waals surface area contributed by atoms with Crippen LogP contribution in [0.25, 0.3) is 0 Å². The minimum atomic E-state index is -0.119. The van der Waals surface area contributed by atoms with Crippen LogP contribution in [-0.2, 0) is 0 Å². The van der Waals surface area contributed by atoms with Gasteiger partial charge in [-0.05, 0) is 49.2 Å². The third-order valence-electron chi connectivity index (χ3n) is 3.25. The van der Waals surface area contributed by atoms with Gasteiger partial charge in [-0.1, -0.05) is 6.08 Å². The molecule has 2 rings (SSSR count). The van der Waals surface area contributed by atoms with E-state index >= 15 is 0 Å². The van der Waals surface area contributed by atoms with Gasteiger partial charge in [-0.3, -0.25) is 0 Å². The molecule has 1 unspecified atom stereocenters. The van der Waals surface area contributed by atoms with E-state index in [1.807, 2.05) is 6.08 Å². The van der Waals surface area contributed by atoms with Crippen LogP contribution in [0.4, 0.5) is 4.39 Å². The lowest BCUT2D eigenvalue weighted by Gasteiger charge is -2.19. The number of halogens is 1. The minimum Gasteiger partial charge on any atom is -0.207 e. The van der Waals surface area contributed by atoms with Crippen molar-refractivity contribution in [3.63, 3.8) is 0 Å². The van der Waals surface area contributed by atoms with Crippen molar-refractivity contribution < 1.29 is 4.39 Å². The third kappa shape index (κ3) is 2.04. The normalized spacial score (nSPS) is 28.0. The van der Waals surface area contributed by atoms with Crippen molar-refractivity contribution in [3.05, 3.63) is 24.1 Å².